The van der Waals surface area contributed by atoms with Crippen LogP contribution >= 0.6 is 0 Å². The first-order valence-electron chi connectivity index (χ1n) is 23.0. The molecule has 0 unspecified atom stereocenters. The number of carbonyl (C=O) groups is 2. The van der Waals surface area contributed by atoms with Gasteiger partial charge < -0.3 is 43.2 Å². The number of hydrogen-bond donors (Lipinski definition) is 2. The predicted molar refractivity (Wildman–Crippen MR) is 263 cm³/mol. The zero-order valence-electron chi connectivity index (χ0n) is 40.2. The van der Waals surface area contributed by atoms with Gasteiger partial charge in [-0.1, -0.05) is 99.6 Å². The van der Waals surface area contributed by atoms with Gasteiger partial charge in [-0.3, -0.25) is 30.0 Å². The minimum Gasteiger partial charge on any atom is -0.497 e. The number of esters is 1. The molecule has 6 atom stereocenters. The summed E-state index contributed by atoms with van der Waals surface area (Å²) in [5.41, 5.74) is 2.77. The van der Waals surface area contributed by atoms with E-state index in [0.29, 0.717) is 22.8 Å². The summed E-state index contributed by atoms with van der Waals surface area (Å²) in [6.07, 6.45) is -3.62. The molecule has 3 heterocycles. The molecule has 18 nitrogen and oxygen atoms in total. The van der Waals surface area contributed by atoms with Crippen LogP contribution in [0.5, 0.6) is 17.2 Å². The van der Waals surface area contributed by atoms with Crippen LogP contribution in [0.25, 0.3) is 0 Å². The van der Waals surface area contributed by atoms with Gasteiger partial charge in [0.1, 0.15) is 41.2 Å². The number of aliphatic imine (C=N–C) groups is 3. The number of rotatable bonds is 17. The van der Waals surface area contributed by atoms with Crippen LogP contribution in [0.1, 0.15) is 55.0 Å². The summed E-state index contributed by atoms with van der Waals surface area (Å²) in [5.74, 6) is 0.209. The second-order valence-electron chi connectivity index (χ2n) is 18.1. The van der Waals surface area contributed by atoms with Crippen LogP contribution in [0.2, 0.25) is 0 Å². The Hall–Kier alpha value is -7.51. The molecule has 5 aromatic carbocycles. The van der Waals surface area contributed by atoms with Crippen LogP contribution < -0.4 is 19.5 Å². The van der Waals surface area contributed by atoms with Gasteiger partial charge in [-0.05, 0) is 76.1 Å². The number of nitrogens with zero attached hydrogens (tertiary/aromatic N) is 5. The van der Waals surface area contributed by atoms with Crippen molar-refractivity contribution in [2.24, 2.45) is 15.0 Å². The number of non-ortho nitro benzene ring substituents is 1. The number of methoxy groups -OCH3 is 3. The normalized spacial score (nSPS) is 20.6. The van der Waals surface area contributed by atoms with Gasteiger partial charge in [-0.2, -0.15) is 4.99 Å². The highest BCUT2D eigenvalue weighted by Gasteiger charge is 2.53. The molecule has 5 aromatic rings. The third-order valence-electron chi connectivity index (χ3n) is 12.5. The molecule has 18 heteroatoms. The Balaban J connectivity index is 1.04. The van der Waals surface area contributed by atoms with Crippen LogP contribution in [0, 0.1) is 10.1 Å². The smallest absolute Gasteiger partial charge is 0.312 e. The lowest BCUT2D eigenvalue weighted by Crippen LogP contribution is -2.53. The Bertz CT molecular complexity index is 2700. The van der Waals surface area contributed by atoms with E-state index in [2.05, 4.69) is 36.1 Å². The predicted octanol–water partition coefficient (Wildman–Crippen LogP) is 6.50. The summed E-state index contributed by atoms with van der Waals surface area (Å²) >= 11 is 0. The van der Waals surface area contributed by atoms with E-state index in [0.717, 1.165) is 22.3 Å². The van der Waals surface area contributed by atoms with Gasteiger partial charge in [0.2, 0.25) is 11.9 Å². The number of nitro benzene ring substituents is 1. The van der Waals surface area contributed by atoms with Gasteiger partial charge in [0.25, 0.3) is 11.6 Å². The molecule has 370 valence electrons. The zero-order valence-corrected chi connectivity index (χ0v) is 40.2. The van der Waals surface area contributed by atoms with Crippen LogP contribution in [0.4, 0.5) is 5.69 Å². The van der Waals surface area contributed by atoms with Crippen molar-refractivity contribution < 1.29 is 52.8 Å². The minimum absolute atomic E-state index is 0.0713. The summed E-state index contributed by atoms with van der Waals surface area (Å²) < 4.78 is 42.4. The number of benzene rings is 5. The first-order chi connectivity index (χ1) is 34.2. The van der Waals surface area contributed by atoms with Crippen molar-refractivity contribution in [1.82, 2.24) is 10.2 Å². The van der Waals surface area contributed by atoms with Crippen molar-refractivity contribution >= 4 is 35.8 Å². The summed E-state index contributed by atoms with van der Waals surface area (Å²) in [6.45, 7) is 5.78. The molecular formula is C53H56N6O12. The van der Waals surface area contributed by atoms with Gasteiger partial charge in [0, 0.05) is 19.2 Å². The fourth-order valence-corrected chi connectivity index (χ4v) is 8.66. The van der Waals surface area contributed by atoms with E-state index in [9.17, 15) is 24.8 Å². The highest BCUT2D eigenvalue weighted by atomic mass is 16.6. The third-order valence-corrected chi connectivity index (χ3v) is 12.5. The number of ether oxygens (including phenoxy) is 7. The number of nitro groups is 1. The lowest BCUT2D eigenvalue weighted by atomic mass is 9.80. The van der Waals surface area contributed by atoms with E-state index in [1.807, 2.05) is 91.0 Å². The molecule has 3 aliphatic heterocycles. The highest BCUT2D eigenvalue weighted by Crippen LogP contribution is 2.43. The van der Waals surface area contributed by atoms with Crippen LogP contribution in [0.3, 0.4) is 0 Å². The van der Waals surface area contributed by atoms with Crippen LogP contribution in [-0.2, 0) is 46.0 Å². The number of aryl methyl sites for hydroxylation is 1. The molecule has 1 amide bonds. The maximum Gasteiger partial charge on any atom is 0.312 e. The molecule has 0 aliphatic carbocycles. The number of guanidine groups is 1. The lowest BCUT2D eigenvalue weighted by Gasteiger charge is -2.37. The topological polar surface area (TPSA) is 214 Å². The maximum absolute atomic E-state index is 13.4. The number of nitrogens with one attached hydrogen (secondary N) is 1. The second-order valence-corrected chi connectivity index (χ2v) is 18.1. The standard InChI is InChI=1S/C53H56N6O12/c1-52(2,3)34-15-27-41(28-16-34)68-31-43(60)55-51-56-48-45(49(57-51)71-44(61)29-14-33-12-21-38(22-13-33)59(63)64)54-32-58(48)50-47(67-6)46(62)42(70-50)30-69-53(35-10-8-7-9-11-35,36-17-23-39(65-4)24-18-36)37-19-25-40(66-5)26-20-37/h7-13,15-28,32,42,45-48,50,62H,14,29-31H2,1-6H3,(H,55,56,60)/t42-,45+,46-,47-,48-,50-/m1/s1. The second kappa shape index (κ2) is 21.6. The number of amides is 1. The van der Waals surface area contributed by atoms with E-state index in [-0.39, 0.29) is 49.0 Å². The number of aliphatic hydroxyl groups is 1. The van der Waals surface area contributed by atoms with Crippen molar-refractivity contribution in [3.63, 3.8) is 0 Å². The van der Waals surface area contributed by atoms with Crippen LogP contribution in [-0.4, -0.2) is 116 Å². The first-order valence-corrected chi connectivity index (χ1v) is 23.0. The number of carbonyl (C=O) groups excluding carboxylic acids is 2. The zero-order chi connectivity index (χ0) is 50.3. The molecule has 1 saturated heterocycles. The molecule has 2 N–H and O–H groups in total. The van der Waals surface area contributed by atoms with E-state index in [1.54, 1.807) is 43.4 Å². The molecule has 3 aliphatic rings. The Morgan fingerprint density at radius 2 is 1.39 bits per heavy atom. The van der Waals surface area contributed by atoms with E-state index < -0.39 is 59.1 Å². The van der Waals surface area contributed by atoms with E-state index >= 15 is 0 Å². The highest BCUT2D eigenvalue weighted by molar-refractivity contribution is 6.08. The van der Waals surface area contributed by atoms with Gasteiger partial charge >= 0.3 is 5.97 Å². The van der Waals surface area contributed by atoms with Crippen molar-refractivity contribution in [3.05, 3.63) is 165 Å². The fraction of sp³-hybridized carbons (Fsp3) is 0.340. The molecule has 0 aromatic heterocycles. The first kappa shape index (κ1) is 49.9. The maximum atomic E-state index is 13.4. The van der Waals surface area contributed by atoms with Gasteiger partial charge in [0.05, 0.1) is 38.5 Å². The average Bonchev–Trinajstić information content (AvgIpc) is 3.95. The summed E-state index contributed by atoms with van der Waals surface area (Å²) in [6, 6.07) is 37.2. The summed E-state index contributed by atoms with van der Waals surface area (Å²) in [7, 11) is 4.65. The molecule has 0 radical (unpaired) electrons. The van der Waals surface area contributed by atoms with Gasteiger partial charge in [-0.15, -0.1) is 0 Å². The van der Waals surface area contributed by atoms with Crippen molar-refractivity contribution in [2.45, 2.75) is 81.4 Å². The van der Waals surface area contributed by atoms with Crippen molar-refractivity contribution in [1.29, 1.82) is 0 Å². The average molecular weight is 969 g/mol. The SMILES string of the molecule is COc1ccc(C(OC[C@H]2O[C@@H](N3C=N[C@@H]4C(OC(=O)CCc5ccc([N+](=O)[O-])cc5)=NC(NC(=O)COc5ccc(C(C)(C)C)cc5)=N[C@@H]43)[C@H](OC)[C@@H]2O)(c2ccccc2)c2ccc(OC)cc2)cc1. The summed E-state index contributed by atoms with van der Waals surface area (Å²) in [5, 5.41) is 25.8. The van der Waals surface area contributed by atoms with Crippen molar-refractivity contribution in [3.8, 4) is 17.2 Å². The van der Waals surface area contributed by atoms with Crippen LogP contribution in [0.15, 0.2) is 142 Å². The largest absolute Gasteiger partial charge is 0.497 e. The van der Waals surface area contributed by atoms with Crippen molar-refractivity contribution in [2.75, 3.05) is 34.5 Å². The quantitative estimate of drug-likeness (QED) is 0.0442. The molecule has 0 saturated carbocycles. The fourth-order valence-electron chi connectivity index (χ4n) is 8.66. The molecular weight excluding hydrogens is 913 g/mol. The Labute approximate surface area is 411 Å². The van der Waals surface area contributed by atoms with E-state index in [1.165, 1.54) is 25.6 Å². The Morgan fingerprint density at radius 3 is 1.97 bits per heavy atom. The monoisotopic (exact) mass is 968 g/mol. The Kier molecular flexibility index (Phi) is 15.2. The van der Waals surface area contributed by atoms with Gasteiger partial charge in [0.15, 0.2) is 25.0 Å². The molecule has 8 rings (SSSR count). The Morgan fingerprint density at radius 1 is 0.803 bits per heavy atom. The number of hydrogen-bond acceptors (Lipinski definition) is 16. The summed E-state index contributed by atoms with van der Waals surface area (Å²) in [4.78, 5) is 53.0. The minimum atomic E-state index is -1.23. The lowest BCUT2D eigenvalue weighted by molar-refractivity contribution is -0.384. The van der Waals surface area contributed by atoms with E-state index in [4.69, 9.17) is 38.2 Å². The number of fused-ring (bicyclic) bond motifs is 1. The third kappa shape index (κ3) is 11.1. The molecule has 0 spiro atoms. The number of aliphatic hydroxyl groups excluding tert-OH is 1. The molecule has 0 bridgehead atoms. The molecule has 1 fully saturated rings. The van der Waals surface area contributed by atoms with Gasteiger partial charge in [-0.25, -0.2) is 4.99 Å². The molecule has 71 heavy (non-hydrogen) atoms.